The Balaban J connectivity index is 2.63. The van der Waals surface area contributed by atoms with Crippen LogP contribution in [-0.4, -0.2) is 32.4 Å². The summed E-state index contributed by atoms with van der Waals surface area (Å²) in [5.74, 6) is 7.25. The van der Waals surface area contributed by atoms with Crippen molar-refractivity contribution in [2.75, 3.05) is 24.0 Å². The van der Waals surface area contributed by atoms with Gasteiger partial charge >= 0.3 is 0 Å². The molecule has 0 saturated carbocycles. The summed E-state index contributed by atoms with van der Waals surface area (Å²) in [7, 11) is -3.01. The SMILES string of the molecule is CCCS(=O)(=O)CCOc1ccccc1C#CCCCl. The van der Waals surface area contributed by atoms with Gasteiger partial charge in [0.05, 0.1) is 17.1 Å². The second-order valence-corrected chi connectivity index (χ2v) is 6.92. The molecule has 1 rings (SSSR count). The zero-order chi connectivity index (χ0) is 14.8. The first-order valence-corrected chi connectivity index (χ1v) is 8.91. The molecule has 1 aromatic carbocycles. The number of hydrogen-bond acceptors (Lipinski definition) is 3. The summed E-state index contributed by atoms with van der Waals surface area (Å²) >= 11 is 5.57. The quantitative estimate of drug-likeness (QED) is 0.574. The van der Waals surface area contributed by atoms with E-state index in [0.29, 0.717) is 24.5 Å². The van der Waals surface area contributed by atoms with Crippen LogP contribution in [0.1, 0.15) is 25.3 Å². The van der Waals surface area contributed by atoms with E-state index in [4.69, 9.17) is 16.3 Å². The standard InChI is InChI=1S/C15H19ClO3S/c1-2-12-20(17,18)13-11-19-15-9-4-3-7-14(15)8-5-6-10-16/h3-4,7,9H,2,6,10-13H2,1H3. The molecular formula is C15H19ClO3S. The zero-order valence-electron chi connectivity index (χ0n) is 11.6. The smallest absolute Gasteiger partial charge is 0.153 e. The fraction of sp³-hybridized carbons (Fsp3) is 0.467. The van der Waals surface area contributed by atoms with Crippen LogP contribution in [0, 0.1) is 11.8 Å². The second kappa shape index (κ2) is 8.89. The van der Waals surface area contributed by atoms with E-state index in [1.807, 2.05) is 25.1 Å². The van der Waals surface area contributed by atoms with Gasteiger partial charge in [0.1, 0.15) is 12.4 Å². The summed E-state index contributed by atoms with van der Waals surface area (Å²) < 4.78 is 28.7. The maximum atomic E-state index is 11.6. The van der Waals surface area contributed by atoms with Gasteiger partial charge in [-0.1, -0.05) is 30.9 Å². The van der Waals surface area contributed by atoms with Crippen molar-refractivity contribution in [1.29, 1.82) is 0 Å². The predicted molar refractivity (Wildman–Crippen MR) is 83.1 cm³/mol. The van der Waals surface area contributed by atoms with Crippen LogP contribution in [0.5, 0.6) is 5.75 Å². The fourth-order valence-corrected chi connectivity index (χ4v) is 2.85. The molecule has 0 aliphatic carbocycles. The van der Waals surface area contributed by atoms with Crippen LogP contribution >= 0.6 is 11.6 Å². The third kappa shape index (κ3) is 6.31. The van der Waals surface area contributed by atoms with Gasteiger partial charge in [0.25, 0.3) is 0 Å². The highest BCUT2D eigenvalue weighted by Gasteiger charge is 2.10. The summed E-state index contributed by atoms with van der Waals surface area (Å²) in [5, 5.41) is 0. The topological polar surface area (TPSA) is 43.4 Å². The molecule has 0 aliphatic heterocycles. The van der Waals surface area contributed by atoms with Crippen molar-refractivity contribution >= 4 is 21.4 Å². The molecule has 3 nitrogen and oxygen atoms in total. The summed E-state index contributed by atoms with van der Waals surface area (Å²) in [6.07, 6.45) is 1.24. The molecule has 0 aliphatic rings. The highest BCUT2D eigenvalue weighted by Crippen LogP contribution is 2.16. The van der Waals surface area contributed by atoms with E-state index in [2.05, 4.69) is 11.8 Å². The highest BCUT2D eigenvalue weighted by atomic mass is 35.5. The first kappa shape index (κ1) is 16.9. The van der Waals surface area contributed by atoms with Crippen LogP contribution in [0.2, 0.25) is 0 Å². The molecule has 20 heavy (non-hydrogen) atoms. The van der Waals surface area contributed by atoms with E-state index in [9.17, 15) is 8.42 Å². The van der Waals surface area contributed by atoms with Crippen LogP contribution in [0.3, 0.4) is 0 Å². The van der Waals surface area contributed by atoms with Gasteiger partial charge in [0.2, 0.25) is 0 Å². The Hall–Kier alpha value is -1.18. The lowest BCUT2D eigenvalue weighted by Gasteiger charge is -2.08. The second-order valence-electron chi connectivity index (χ2n) is 4.24. The van der Waals surface area contributed by atoms with E-state index in [-0.39, 0.29) is 18.1 Å². The van der Waals surface area contributed by atoms with Crippen molar-refractivity contribution < 1.29 is 13.2 Å². The number of alkyl halides is 1. The third-order valence-electron chi connectivity index (χ3n) is 2.50. The molecule has 1 aromatic rings. The fourth-order valence-electron chi connectivity index (χ4n) is 1.59. The lowest BCUT2D eigenvalue weighted by atomic mass is 10.2. The minimum atomic E-state index is -3.01. The molecule has 0 atom stereocenters. The molecule has 5 heteroatoms. The molecule has 0 fully saturated rings. The lowest BCUT2D eigenvalue weighted by Crippen LogP contribution is -2.17. The summed E-state index contributed by atoms with van der Waals surface area (Å²) in [5.41, 5.74) is 0.755. The van der Waals surface area contributed by atoms with Gasteiger partial charge < -0.3 is 4.74 Å². The van der Waals surface area contributed by atoms with Crippen molar-refractivity contribution in [2.45, 2.75) is 19.8 Å². The Labute approximate surface area is 126 Å². The van der Waals surface area contributed by atoms with Crippen LogP contribution in [0.4, 0.5) is 0 Å². The highest BCUT2D eigenvalue weighted by molar-refractivity contribution is 7.91. The number of para-hydroxylation sites is 1. The molecule has 0 unspecified atom stereocenters. The monoisotopic (exact) mass is 314 g/mol. The molecule has 110 valence electrons. The average molecular weight is 315 g/mol. The Bertz CT molecular complexity index is 570. The molecule has 0 amide bonds. The summed E-state index contributed by atoms with van der Waals surface area (Å²) in [6, 6.07) is 7.34. The summed E-state index contributed by atoms with van der Waals surface area (Å²) in [4.78, 5) is 0. The first-order chi connectivity index (χ1) is 9.59. The Morgan fingerprint density at radius 1 is 1.25 bits per heavy atom. The number of ether oxygens (including phenoxy) is 1. The molecule has 0 heterocycles. The maximum Gasteiger partial charge on any atom is 0.153 e. The molecule has 0 radical (unpaired) electrons. The summed E-state index contributed by atoms with van der Waals surface area (Å²) in [6.45, 7) is 2.00. The lowest BCUT2D eigenvalue weighted by molar-refractivity contribution is 0.340. The third-order valence-corrected chi connectivity index (χ3v) is 4.50. The Kier molecular flexibility index (Phi) is 7.50. The number of sulfone groups is 1. The number of hydrogen-bond donors (Lipinski definition) is 0. The van der Waals surface area contributed by atoms with Crippen molar-refractivity contribution in [1.82, 2.24) is 0 Å². The molecule has 0 aromatic heterocycles. The minimum Gasteiger partial charge on any atom is -0.491 e. The molecule has 0 N–H and O–H groups in total. The maximum absolute atomic E-state index is 11.6. The van der Waals surface area contributed by atoms with Crippen LogP contribution in [0.15, 0.2) is 24.3 Å². The average Bonchev–Trinajstić information content (AvgIpc) is 2.40. The largest absolute Gasteiger partial charge is 0.491 e. The van der Waals surface area contributed by atoms with Crippen LogP contribution < -0.4 is 4.74 Å². The van der Waals surface area contributed by atoms with E-state index in [1.54, 1.807) is 6.07 Å². The minimum absolute atomic E-state index is 0.0320. The van der Waals surface area contributed by atoms with Gasteiger partial charge in [-0.2, -0.15) is 0 Å². The Morgan fingerprint density at radius 2 is 2.00 bits per heavy atom. The van der Waals surface area contributed by atoms with Crippen molar-refractivity contribution in [3.8, 4) is 17.6 Å². The normalized spacial score (nSPS) is 10.7. The first-order valence-electron chi connectivity index (χ1n) is 6.56. The molecule has 0 saturated heterocycles. The van der Waals surface area contributed by atoms with Gasteiger partial charge in [-0.25, -0.2) is 8.42 Å². The van der Waals surface area contributed by atoms with E-state index >= 15 is 0 Å². The predicted octanol–water partition coefficient (Wildman–Crippen LogP) is 2.87. The van der Waals surface area contributed by atoms with Gasteiger partial charge in [-0.15, -0.1) is 11.6 Å². The zero-order valence-corrected chi connectivity index (χ0v) is 13.1. The van der Waals surface area contributed by atoms with Crippen molar-refractivity contribution in [3.63, 3.8) is 0 Å². The number of rotatable bonds is 7. The van der Waals surface area contributed by atoms with E-state index in [1.165, 1.54) is 0 Å². The number of benzene rings is 1. The van der Waals surface area contributed by atoms with Crippen LogP contribution in [0.25, 0.3) is 0 Å². The Morgan fingerprint density at radius 3 is 2.70 bits per heavy atom. The van der Waals surface area contributed by atoms with Crippen LogP contribution in [-0.2, 0) is 9.84 Å². The van der Waals surface area contributed by atoms with Crippen molar-refractivity contribution in [2.24, 2.45) is 0 Å². The van der Waals surface area contributed by atoms with Crippen molar-refractivity contribution in [3.05, 3.63) is 29.8 Å². The molecule has 0 spiro atoms. The van der Waals surface area contributed by atoms with Gasteiger partial charge in [-0.3, -0.25) is 0 Å². The van der Waals surface area contributed by atoms with E-state index < -0.39 is 9.84 Å². The van der Waals surface area contributed by atoms with E-state index in [0.717, 1.165) is 5.56 Å². The molecular weight excluding hydrogens is 296 g/mol. The number of halogens is 1. The van der Waals surface area contributed by atoms with Gasteiger partial charge in [0.15, 0.2) is 9.84 Å². The molecule has 0 bridgehead atoms. The van der Waals surface area contributed by atoms with Gasteiger partial charge in [0, 0.05) is 12.3 Å². The van der Waals surface area contributed by atoms with Gasteiger partial charge in [-0.05, 0) is 18.6 Å².